The van der Waals surface area contributed by atoms with E-state index in [0.29, 0.717) is 11.8 Å². The zero-order chi connectivity index (χ0) is 22.9. The van der Waals surface area contributed by atoms with E-state index >= 15 is 0 Å². The topological polar surface area (TPSA) is 90.8 Å². The number of rotatable bonds is 7. The molecule has 0 saturated carbocycles. The summed E-state index contributed by atoms with van der Waals surface area (Å²) < 4.78 is 32.0. The highest BCUT2D eigenvalue weighted by molar-refractivity contribution is 7.98. The number of nitrogens with zero attached hydrogens (tertiary/aromatic N) is 6. The van der Waals surface area contributed by atoms with Crippen molar-refractivity contribution in [3.05, 3.63) is 89.1 Å². The molecule has 11 heteroatoms. The number of benzene rings is 2. The van der Waals surface area contributed by atoms with E-state index in [2.05, 4.69) is 15.2 Å². The van der Waals surface area contributed by atoms with Gasteiger partial charge >= 0.3 is 5.69 Å². The highest BCUT2D eigenvalue weighted by Crippen LogP contribution is 2.35. The van der Waals surface area contributed by atoms with Gasteiger partial charge in [0.05, 0.1) is 18.3 Å². The predicted molar refractivity (Wildman–Crippen MR) is 115 cm³/mol. The first-order valence-electron chi connectivity index (χ1n) is 9.64. The van der Waals surface area contributed by atoms with Crippen LogP contribution in [0.5, 0.6) is 0 Å². The second kappa shape index (κ2) is 8.67. The van der Waals surface area contributed by atoms with Crippen LogP contribution in [-0.2, 0) is 12.1 Å². The van der Waals surface area contributed by atoms with Gasteiger partial charge < -0.3 is 5.11 Å². The van der Waals surface area contributed by atoms with Gasteiger partial charge in [-0.3, -0.25) is 0 Å². The summed E-state index contributed by atoms with van der Waals surface area (Å²) in [5.74, 6) is -1.73. The minimum atomic E-state index is -1.99. The van der Waals surface area contributed by atoms with Gasteiger partial charge in [0.2, 0.25) is 0 Å². The summed E-state index contributed by atoms with van der Waals surface area (Å²) in [6.07, 6.45) is 5.91. The summed E-state index contributed by atoms with van der Waals surface area (Å²) in [4.78, 5) is 18.0. The molecule has 2 heterocycles. The third-order valence-corrected chi connectivity index (χ3v) is 6.11. The maximum Gasteiger partial charge on any atom is 0.350 e. The number of aliphatic hydroxyl groups is 1. The van der Waals surface area contributed by atoms with E-state index in [1.807, 2.05) is 18.4 Å². The van der Waals surface area contributed by atoms with Crippen LogP contribution in [0.4, 0.5) is 8.78 Å². The molecule has 2 aromatic heterocycles. The fourth-order valence-corrected chi connectivity index (χ4v) is 3.96. The van der Waals surface area contributed by atoms with Crippen LogP contribution >= 0.6 is 11.8 Å². The summed E-state index contributed by atoms with van der Waals surface area (Å²) >= 11 is 1.58. The van der Waals surface area contributed by atoms with Crippen molar-refractivity contribution in [2.24, 2.45) is 0 Å². The number of aromatic nitrogens is 6. The van der Waals surface area contributed by atoms with Crippen molar-refractivity contribution in [1.82, 2.24) is 29.1 Å². The van der Waals surface area contributed by atoms with Gasteiger partial charge in [-0.2, -0.15) is 10.2 Å². The minimum Gasteiger partial charge on any atom is -0.381 e. The minimum absolute atomic E-state index is 0.187. The van der Waals surface area contributed by atoms with E-state index in [1.165, 1.54) is 35.2 Å². The lowest BCUT2D eigenvalue weighted by molar-refractivity contribution is -0.0381. The zero-order valence-electron chi connectivity index (χ0n) is 17.3. The Morgan fingerprint density at radius 2 is 1.88 bits per heavy atom. The Balaban J connectivity index is 1.78. The average molecular weight is 458 g/mol. The molecule has 0 aliphatic heterocycles. The third-order valence-electron chi connectivity index (χ3n) is 5.37. The molecule has 2 atom stereocenters. The Kier molecular flexibility index (Phi) is 5.94. The summed E-state index contributed by atoms with van der Waals surface area (Å²) in [7, 11) is 0. The number of thioether (sulfide) groups is 1. The summed E-state index contributed by atoms with van der Waals surface area (Å²) in [6.45, 7) is 1.30. The van der Waals surface area contributed by atoms with Crippen molar-refractivity contribution in [2.45, 2.75) is 30.0 Å². The first-order chi connectivity index (χ1) is 15.3. The number of halogens is 2. The van der Waals surface area contributed by atoms with Crippen molar-refractivity contribution in [1.29, 1.82) is 0 Å². The van der Waals surface area contributed by atoms with E-state index < -0.39 is 29.0 Å². The van der Waals surface area contributed by atoms with Crippen LogP contribution in [-0.4, -0.2) is 40.5 Å². The molecule has 0 saturated heterocycles. The average Bonchev–Trinajstić information content (AvgIpc) is 3.42. The van der Waals surface area contributed by atoms with Crippen LogP contribution in [0.25, 0.3) is 5.69 Å². The smallest absolute Gasteiger partial charge is 0.350 e. The quantitative estimate of drug-likeness (QED) is 0.429. The molecule has 166 valence electrons. The number of hydrogen-bond acceptors (Lipinski definition) is 6. The predicted octanol–water partition coefficient (Wildman–Crippen LogP) is 2.77. The molecule has 0 spiro atoms. The van der Waals surface area contributed by atoms with Gasteiger partial charge in [-0.25, -0.2) is 32.5 Å². The summed E-state index contributed by atoms with van der Waals surface area (Å²) in [6, 6.07) is 9.17. The Morgan fingerprint density at radius 3 is 2.50 bits per heavy atom. The fourth-order valence-electron chi connectivity index (χ4n) is 3.55. The molecule has 8 nitrogen and oxygen atoms in total. The molecule has 0 aliphatic rings. The van der Waals surface area contributed by atoms with Gasteiger partial charge in [0.1, 0.15) is 36.2 Å². The van der Waals surface area contributed by atoms with E-state index in [1.54, 1.807) is 23.9 Å². The largest absolute Gasteiger partial charge is 0.381 e. The lowest BCUT2D eigenvalue weighted by atomic mass is 9.86. The molecule has 0 unspecified atom stereocenters. The normalized spacial score (nSPS) is 14.3. The van der Waals surface area contributed by atoms with Crippen LogP contribution in [0.1, 0.15) is 18.5 Å². The Labute approximate surface area is 186 Å². The molecule has 0 amide bonds. The molecule has 2 aromatic carbocycles. The molecule has 1 N–H and O–H groups in total. The molecular weight excluding hydrogens is 438 g/mol. The highest BCUT2D eigenvalue weighted by atomic mass is 32.2. The fraction of sp³-hybridized carbons (Fsp3) is 0.238. The number of hydrogen-bond donors (Lipinski definition) is 1. The third kappa shape index (κ3) is 3.96. The zero-order valence-corrected chi connectivity index (χ0v) is 18.1. The lowest BCUT2D eigenvalue weighted by Crippen LogP contribution is -2.44. The van der Waals surface area contributed by atoms with Gasteiger partial charge in [-0.15, -0.1) is 11.8 Å². The van der Waals surface area contributed by atoms with Crippen molar-refractivity contribution in [3.63, 3.8) is 0 Å². The van der Waals surface area contributed by atoms with Crippen LogP contribution < -0.4 is 5.69 Å². The second-order valence-electron chi connectivity index (χ2n) is 7.24. The van der Waals surface area contributed by atoms with Gasteiger partial charge in [0, 0.05) is 16.5 Å². The van der Waals surface area contributed by atoms with Gasteiger partial charge in [0.25, 0.3) is 0 Å². The Morgan fingerprint density at radius 1 is 1.12 bits per heavy atom. The highest BCUT2D eigenvalue weighted by Gasteiger charge is 2.41. The van der Waals surface area contributed by atoms with Crippen molar-refractivity contribution in [2.75, 3.05) is 6.26 Å². The van der Waals surface area contributed by atoms with Gasteiger partial charge in [-0.1, -0.05) is 6.07 Å². The summed E-state index contributed by atoms with van der Waals surface area (Å²) in [5.41, 5.74) is -2.10. The van der Waals surface area contributed by atoms with E-state index in [0.717, 1.165) is 21.7 Å². The van der Waals surface area contributed by atoms with E-state index in [4.69, 9.17) is 0 Å². The van der Waals surface area contributed by atoms with Gasteiger partial charge in [0.15, 0.2) is 0 Å². The Hall–Kier alpha value is -3.31. The molecule has 0 fully saturated rings. The van der Waals surface area contributed by atoms with Gasteiger partial charge in [-0.05, 0) is 43.5 Å². The van der Waals surface area contributed by atoms with E-state index in [-0.39, 0.29) is 12.1 Å². The van der Waals surface area contributed by atoms with Crippen molar-refractivity contribution >= 4 is 11.8 Å². The Bertz CT molecular complexity index is 1270. The molecule has 4 aromatic rings. The van der Waals surface area contributed by atoms with Crippen LogP contribution in [0, 0.1) is 11.6 Å². The molecule has 32 heavy (non-hydrogen) atoms. The van der Waals surface area contributed by atoms with Crippen molar-refractivity contribution in [3.8, 4) is 5.69 Å². The van der Waals surface area contributed by atoms with E-state index in [9.17, 15) is 18.7 Å². The maximum absolute atomic E-state index is 14.7. The maximum atomic E-state index is 14.7. The molecular formula is C21H20F2N6O2S. The lowest BCUT2D eigenvalue weighted by Gasteiger charge is -2.34. The molecule has 0 aliphatic carbocycles. The first-order valence-corrected chi connectivity index (χ1v) is 10.9. The van der Waals surface area contributed by atoms with Crippen LogP contribution in [0.15, 0.2) is 71.1 Å². The van der Waals surface area contributed by atoms with Crippen LogP contribution in [0.3, 0.4) is 0 Å². The van der Waals surface area contributed by atoms with Crippen LogP contribution in [0.2, 0.25) is 0 Å². The molecule has 0 radical (unpaired) electrons. The molecule has 4 rings (SSSR count). The second-order valence-corrected chi connectivity index (χ2v) is 8.12. The SMILES string of the molecule is CSc1ccc(-n2cnn([C@H](C)[C@](O)(Cn3cncn3)c3ccc(F)cc3F)c2=O)cc1. The summed E-state index contributed by atoms with van der Waals surface area (Å²) in [5, 5.41) is 19.8. The monoisotopic (exact) mass is 458 g/mol. The first kappa shape index (κ1) is 21.9. The molecule has 0 bridgehead atoms. The van der Waals surface area contributed by atoms with Crippen molar-refractivity contribution < 1.29 is 13.9 Å². The standard InChI is InChI=1S/C21H20F2N6O2S/c1-14(29-20(30)28(13-26-29)16-4-6-17(32-2)7-5-16)21(31,10-27-12-24-11-25-27)18-8-3-15(22)9-19(18)23/h3-9,11-14,31H,10H2,1-2H3/t14-,21-/m1/s1.